The minimum Gasteiger partial charge on any atom is -0.452 e. The predicted octanol–water partition coefficient (Wildman–Crippen LogP) is 2.16. The van der Waals surface area contributed by atoms with E-state index in [9.17, 15) is 18.0 Å². The van der Waals surface area contributed by atoms with Crippen molar-refractivity contribution in [2.24, 2.45) is 0 Å². The van der Waals surface area contributed by atoms with Crippen molar-refractivity contribution in [3.05, 3.63) is 60.2 Å². The van der Waals surface area contributed by atoms with Gasteiger partial charge >= 0.3 is 5.97 Å². The molecule has 1 amide bonds. The fourth-order valence-electron chi connectivity index (χ4n) is 1.98. The average molecular weight is 393 g/mol. The maximum atomic E-state index is 11.9. The summed E-state index contributed by atoms with van der Waals surface area (Å²) in [4.78, 5) is 24.8. The van der Waals surface area contributed by atoms with Crippen LogP contribution >= 0.6 is 11.8 Å². The molecular formula is C18H19NO5S2. The van der Waals surface area contributed by atoms with Crippen LogP contribution in [0.2, 0.25) is 0 Å². The number of esters is 1. The molecule has 8 heteroatoms. The first kappa shape index (κ1) is 20.0. The van der Waals surface area contributed by atoms with Crippen molar-refractivity contribution < 1.29 is 22.7 Å². The van der Waals surface area contributed by atoms with Gasteiger partial charge in [0.15, 0.2) is 16.4 Å². The summed E-state index contributed by atoms with van der Waals surface area (Å²) >= 11 is 1.62. The Bertz CT molecular complexity index is 849. The molecule has 0 radical (unpaired) electrons. The molecule has 0 bridgehead atoms. The molecule has 0 atom stereocenters. The first-order valence-electron chi connectivity index (χ1n) is 7.78. The summed E-state index contributed by atoms with van der Waals surface area (Å²) in [5.74, 6) is -0.366. The first-order chi connectivity index (χ1) is 12.4. The molecule has 0 aromatic heterocycles. The van der Waals surface area contributed by atoms with Crippen LogP contribution in [0.3, 0.4) is 0 Å². The van der Waals surface area contributed by atoms with Gasteiger partial charge in [-0.05, 0) is 36.4 Å². The Balaban J connectivity index is 1.70. The van der Waals surface area contributed by atoms with Crippen molar-refractivity contribution in [1.29, 1.82) is 0 Å². The molecule has 0 saturated heterocycles. The molecule has 6 nitrogen and oxygen atoms in total. The van der Waals surface area contributed by atoms with E-state index in [0.29, 0.717) is 12.3 Å². The summed E-state index contributed by atoms with van der Waals surface area (Å²) in [6, 6.07) is 15.2. The van der Waals surface area contributed by atoms with E-state index < -0.39 is 15.8 Å². The molecule has 0 unspecified atom stereocenters. The fraction of sp³-hybridized carbons (Fsp3) is 0.222. The van der Waals surface area contributed by atoms with E-state index in [4.69, 9.17) is 4.74 Å². The van der Waals surface area contributed by atoms with Gasteiger partial charge in [0.25, 0.3) is 5.91 Å². The highest BCUT2D eigenvalue weighted by molar-refractivity contribution is 7.99. The van der Waals surface area contributed by atoms with Crippen molar-refractivity contribution in [1.82, 2.24) is 5.32 Å². The molecule has 0 aliphatic carbocycles. The Morgan fingerprint density at radius 2 is 1.69 bits per heavy atom. The average Bonchev–Trinajstić information content (AvgIpc) is 2.63. The Hall–Kier alpha value is -2.32. The van der Waals surface area contributed by atoms with Crippen molar-refractivity contribution in [2.45, 2.75) is 9.79 Å². The summed E-state index contributed by atoms with van der Waals surface area (Å²) in [5.41, 5.74) is 0.185. The van der Waals surface area contributed by atoms with Crippen LogP contribution in [0.25, 0.3) is 0 Å². The van der Waals surface area contributed by atoms with Crippen molar-refractivity contribution in [3.8, 4) is 0 Å². The van der Waals surface area contributed by atoms with Gasteiger partial charge in [0.05, 0.1) is 10.5 Å². The minimum absolute atomic E-state index is 0.114. The van der Waals surface area contributed by atoms with Gasteiger partial charge < -0.3 is 10.1 Å². The van der Waals surface area contributed by atoms with Gasteiger partial charge in [-0.3, -0.25) is 4.79 Å². The number of ether oxygens (including phenoxy) is 1. The number of hydrogen-bond acceptors (Lipinski definition) is 6. The number of carbonyl (C=O) groups is 2. The fourth-order valence-corrected chi connectivity index (χ4v) is 3.40. The standard InChI is InChI=1S/C18H19NO5S2/c1-26(22,23)16-9-7-14(8-10-16)18(21)24-13-17(20)19-11-12-25-15-5-3-2-4-6-15/h2-10H,11-13H2,1H3,(H,19,20). The monoisotopic (exact) mass is 393 g/mol. The van der Waals surface area contributed by atoms with Gasteiger partial charge in [0.2, 0.25) is 0 Å². The zero-order valence-corrected chi connectivity index (χ0v) is 15.8. The number of thioether (sulfide) groups is 1. The molecular weight excluding hydrogens is 374 g/mol. The zero-order valence-electron chi connectivity index (χ0n) is 14.2. The van der Waals surface area contributed by atoms with Crippen LogP contribution in [0.1, 0.15) is 10.4 Å². The third kappa shape index (κ3) is 6.53. The summed E-state index contributed by atoms with van der Waals surface area (Å²) < 4.78 is 27.7. The molecule has 138 valence electrons. The van der Waals surface area contributed by atoms with E-state index in [0.717, 1.165) is 11.2 Å². The molecule has 2 rings (SSSR count). The van der Waals surface area contributed by atoms with Gasteiger partial charge in [0, 0.05) is 23.4 Å². The smallest absolute Gasteiger partial charge is 0.338 e. The van der Waals surface area contributed by atoms with Crippen LogP contribution in [0, 0.1) is 0 Å². The van der Waals surface area contributed by atoms with Crippen LogP contribution < -0.4 is 5.32 Å². The first-order valence-corrected chi connectivity index (χ1v) is 10.7. The second-order valence-corrected chi connectivity index (χ2v) is 8.57. The van der Waals surface area contributed by atoms with E-state index in [1.807, 2.05) is 30.3 Å². The third-order valence-corrected chi connectivity index (χ3v) is 5.43. The molecule has 0 heterocycles. The van der Waals surface area contributed by atoms with E-state index in [2.05, 4.69) is 5.32 Å². The number of hydrogen-bond donors (Lipinski definition) is 1. The molecule has 2 aromatic carbocycles. The van der Waals surface area contributed by atoms with Crippen LogP contribution in [-0.4, -0.2) is 45.5 Å². The minimum atomic E-state index is -3.32. The predicted molar refractivity (Wildman–Crippen MR) is 100 cm³/mol. The lowest BCUT2D eigenvalue weighted by atomic mass is 10.2. The van der Waals surface area contributed by atoms with Crippen LogP contribution in [0.15, 0.2) is 64.4 Å². The normalized spacial score (nSPS) is 11.0. The second kappa shape index (κ2) is 9.40. The summed E-state index contributed by atoms with van der Waals surface area (Å²) in [5, 5.41) is 2.67. The molecule has 0 spiro atoms. The van der Waals surface area contributed by atoms with Gasteiger partial charge in [-0.2, -0.15) is 0 Å². The third-order valence-electron chi connectivity index (χ3n) is 3.29. The number of sulfone groups is 1. The molecule has 0 aliphatic rings. The van der Waals surface area contributed by atoms with Crippen molar-refractivity contribution >= 4 is 33.5 Å². The van der Waals surface area contributed by atoms with Crippen LogP contribution in [0.5, 0.6) is 0 Å². The number of amides is 1. The number of carbonyl (C=O) groups excluding carboxylic acids is 2. The summed E-state index contributed by atoms with van der Waals surface area (Å²) in [6.45, 7) is 0.0711. The Labute approximate surface area is 156 Å². The highest BCUT2D eigenvalue weighted by Crippen LogP contribution is 2.15. The molecule has 26 heavy (non-hydrogen) atoms. The topological polar surface area (TPSA) is 89.5 Å². The van der Waals surface area contributed by atoms with Gasteiger partial charge in [-0.25, -0.2) is 13.2 Å². The van der Waals surface area contributed by atoms with Crippen LogP contribution in [-0.2, 0) is 19.4 Å². The van der Waals surface area contributed by atoms with Crippen molar-refractivity contribution in [2.75, 3.05) is 25.2 Å². The highest BCUT2D eigenvalue weighted by atomic mass is 32.2. The number of rotatable bonds is 8. The lowest BCUT2D eigenvalue weighted by molar-refractivity contribution is -0.124. The molecule has 0 fully saturated rings. The highest BCUT2D eigenvalue weighted by Gasteiger charge is 2.12. The Morgan fingerprint density at radius 1 is 1.04 bits per heavy atom. The summed E-state index contributed by atoms with van der Waals surface area (Å²) in [6.07, 6.45) is 1.08. The van der Waals surface area contributed by atoms with E-state index in [-0.39, 0.29) is 23.0 Å². The lowest BCUT2D eigenvalue weighted by Crippen LogP contribution is -2.30. The molecule has 0 aliphatic heterocycles. The molecule has 2 aromatic rings. The second-order valence-electron chi connectivity index (χ2n) is 5.38. The van der Waals surface area contributed by atoms with Gasteiger partial charge in [0.1, 0.15) is 0 Å². The zero-order chi connectivity index (χ0) is 19.0. The number of nitrogens with one attached hydrogen (secondary N) is 1. The number of benzene rings is 2. The SMILES string of the molecule is CS(=O)(=O)c1ccc(C(=O)OCC(=O)NCCSc2ccccc2)cc1. The Kier molecular flexibility index (Phi) is 7.23. The quantitative estimate of drug-likeness (QED) is 0.420. The van der Waals surface area contributed by atoms with E-state index in [1.165, 1.54) is 24.3 Å². The maximum Gasteiger partial charge on any atom is 0.338 e. The summed E-state index contributed by atoms with van der Waals surface area (Å²) in [7, 11) is -3.32. The largest absolute Gasteiger partial charge is 0.452 e. The maximum absolute atomic E-state index is 11.9. The van der Waals surface area contributed by atoms with E-state index >= 15 is 0 Å². The van der Waals surface area contributed by atoms with E-state index in [1.54, 1.807) is 11.8 Å². The van der Waals surface area contributed by atoms with Crippen LogP contribution in [0.4, 0.5) is 0 Å². The van der Waals surface area contributed by atoms with Gasteiger partial charge in [-0.1, -0.05) is 18.2 Å². The lowest BCUT2D eigenvalue weighted by Gasteiger charge is -2.07. The van der Waals surface area contributed by atoms with Gasteiger partial charge in [-0.15, -0.1) is 11.8 Å². The molecule has 1 N–H and O–H groups in total. The Morgan fingerprint density at radius 3 is 2.31 bits per heavy atom. The van der Waals surface area contributed by atoms with Crippen molar-refractivity contribution in [3.63, 3.8) is 0 Å². The molecule has 0 saturated carbocycles.